The average Bonchev–Trinajstić information content (AvgIpc) is 3.06. The molecule has 1 aromatic carbocycles. The maximum Gasteiger partial charge on any atom is 0.237 e. The highest BCUT2D eigenvalue weighted by Gasteiger charge is 2.22. The zero-order valence-electron chi connectivity index (χ0n) is 15.3. The van der Waals surface area contributed by atoms with Crippen molar-refractivity contribution in [2.24, 2.45) is 5.73 Å². The molecule has 0 aliphatic carbocycles. The Hall–Kier alpha value is -3.09. The number of hydrogen-bond acceptors (Lipinski definition) is 5. The van der Waals surface area contributed by atoms with E-state index in [2.05, 4.69) is 15.1 Å². The second-order valence-corrected chi connectivity index (χ2v) is 6.94. The third kappa shape index (κ3) is 3.72. The number of nitrogens with two attached hydrogens (primary N) is 1. The number of rotatable bonds is 5. The van der Waals surface area contributed by atoms with Gasteiger partial charge in [-0.1, -0.05) is 6.07 Å². The van der Waals surface area contributed by atoms with Gasteiger partial charge in [-0.15, -0.1) is 5.10 Å². The standard InChI is InChI=1S/C20H23N5O2/c1-14-5-6-20(23-22-14)24-10-7-15(8-11-24)27-18-4-2-3-17-16(18)9-12-25(17)13-19(21)26/h2-6,9,12,15H,7-8,10-11,13H2,1H3,(H2,21,26). The number of aryl methyl sites for hydroxylation is 1. The third-order valence-electron chi connectivity index (χ3n) is 4.94. The first kappa shape index (κ1) is 17.3. The Kier molecular flexibility index (Phi) is 4.66. The number of aromatic nitrogens is 3. The Balaban J connectivity index is 1.44. The zero-order valence-corrected chi connectivity index (χ0v) is 15.3. The van der Waals surface area contributed by atoms with Gasteiger partial charge >= 0.3 is 0 Å². The largest absolute Gasteiger partial charge is 0.490 e. The molecule has 1 aliphatic rings. The summed E-state index contributed by atoms with van der Waals surface area (Å²) in [5.74, 6) is 1.42. The maximum atomic E-state index is 11.2. The summed E-state index contributed by atoms with van der Waals surface area (Å²) in [6, 6.07) is 11.9. The molecule has 7 heteroatoms. The summed E-state index contributed by atoms with van der Waals surface area (Å²) in [6.45, 7) is 3.89. The predicted octanol–water partition coefficient (Wildman–Crippen LogP) is 2.27. The molecule has 140 valence electrons. The van der Waals surface area contributed by atoms with Crippen molar-refractivity contribution in [3.8, 4) is 5.75 Å². The minimum absolute atomic E-state index is 0.157. The fourth-order valence-corrected chi connectivity index (χ4v) is 3.55. The summed E-state index contributed by atoms with van der Waals surface area (Å²) >= 11 is 0. The lowest BCUT2D eigenvalue weighted by Gasteiger charge is -2.32. The lowest BCUT2D eigenvalue weighted by molar-refractivity contribution is -0.118. The average molecular weight is 365 g/mol. The molecule has 0 radical (unpaired) electrons. The maximum absolute atomic E-state index is 11.2. The number of primary amides is 1. The van der Waals surface area contributed by atoms with Crippen molar-refractivity contribution in [2.45, 2.75) is 32.4 Å². The summed E-state index contributed by atoms with van der Waals surface area (Å²) in [5, 5.41) is 9.42. The van der Waals surface area contributed by atoms with Gasteiger partial charge in [0.05, 0.1) is 11.2 Å². The fraction of sp³-hybridized carbons (Fsp3) is 0.350. The van der Waals surface area contributed by atoms with Gasteiger partial charge in [-0.05, 0) is 37.3 Å². The number of amides is 1. The van der Waals surface area contributed by atoms with E-state index < -0.39 is 0 Å². The molecule has 1 aliphatic heterocycles. The molecule has 0 spiro atoms. The topological polar surface area (TPSA) is 86.3 Å². The predicted molar refractivity (Wildman–Crippen MR) is 104 cm³/mol. The Bertz CT molecular complexity index is 943. The first-order chi connectivity index (χ1) is 13.1. The SMILES string of the molecule is Cc1ccc(N2CCC(Oc3cccc4c3ccn4CC(N)=O)CC2)nn1. The number of carbonyl (C=O) groups excluding carboxylic acids is 1. The van der Waals surface area contributed by atoms with E-state index >= 15 is 0 Å². The third-order valence-corrected chi connectivity index (χ3v) is 4.94. The molecule has 0 saturated carbocycles. The summed E-state index contributed by atoms with van der Waals surface area (Å²) in [7, 11) is 0. The summed E-state index contributed by atoms with van der Waals surface area (Å²) in [6.07, 6.45) is 3.88. The van der Waals surface area contributed by atoms with Crippen LogP contribution in [-0.2, 0) is 11.3 Å². The molecule has 3 heterocycles. The van der Waals surface area contributed by atoms with Crippen LogP contribution in [0.25, 0.3) is 10.9 Å². The lowest BCUT2D eigenvalue weighted by Crippen LogP contribution is -2.38. The van der Waals surface area contributed by atoms with Crippen LogP contribution in [0.5, 0.6) is 5.75 Å². The monoisotopic (exact) mass is 365 g/mol. The molecular formula is C20H23N5O2. The molecular weight excluding hydrogens is 342 g/mol. The number of fused-ring (bicyclic) bond motifs is 1. The number of hydrogen-bond donors (Lipinski definition) is 1. The van der Waals surface area contributed by atoms with Gasteiger partial charge in [0.25, 0.3) is 0 Å². The number of carbonyl (C=O) groups is 1. The number of piperidine rings is 1. The van der Waals surface area contributed by atoms with Crippen molar-refractivity contribution in [3.63, 3.8) is 0 Å². The highest BCUT2D eigenvalue weighted by molar-refractivity contribution is 5.87. The normalized spacial score (nSPS) is 15.2. The molecule has 7 nitrogen and oxygen atoms in total. The summed E-state index contributed by atoms with van der Waals surface area (Å²) in [5.41, 5.74) is 7.21. The summed E-state index contributed by atoms with van der Waals surface area (Å²) in [4.78, 5) is 13.5. The van der Waals surface area contributed by atoms with Crippen LogP contribution in [0.15, 0.2) is 42.6 Å². The zero-order chi connectivity index (χ0) is 18.8. The molecule has 1 fully saturated rings. The van der Waals surface area contributed by atoms with Crippen LogP contribution in [0, 0.1) is 6.92 Å². The van der Waals surface area contributed by atoms with Gasteiger partial charge in [-0.3, -0.25) is 4.79 Å². The van der Waals surface area contributed by atoms with Crippen molar-refractivity contribution >= 4 is 22.6 Å². The minimum atomic E-state index is -0.356. The molecule has 2 N–H and O–H groups in total. The Labute approximate surface area is 157 Å². The first-order valence-electron chi connectivity index (χ1n) is 9.18. The summed E-state index contributed by atoms with van der Waals surface area (Å²) < 4.78 is 8.15. The van der Waals surface area contributed by atoms with Crippen LogP contribution in [0.4, 0.5) is 5.82 Å². The van der Waals surface area contributed by atoms with Crippen LogP contribution in [-0.4, -0.2) is 39.9 Å². The van der Waals surface area contributed by atoms with E-state index in [-0.39, 0.29) is 18.6 Å². The molecule has 27 heavy (non-hydrogen) atoms. The molecule has 1 amide bonds. The molecule has 3 aromatic rings. The van der Waals surface area contributed by atoms with E-state index in [9.17, 15) is 4.79 Å². The van der Waals surface area contributed by atoms with Crippen LogP contribution < -0.4 is 15.4 Å². The van der Waals surface area contributed by atoms with Crippen LogP contribution in [0.2, 0.25) is 0 Å². The van der Waals surface area contributed by atoms with Gasteiger partial charge in [0.1, 0.15) is 18.4 Å². The number of ether oxygens (including phenoxy) is 1. The first-order valence-corrected chi connectivity index (χ1v) is 9.18. The quantitative estimate of drug-likeness (QED) is 0.750. The van der Waals surface area contributed by atoms with Gasteiger partial charge in [0.15, 0.2) is 5.82 Å². The van der Waals surface area contributed by atoms with Gasteiger partial charge in [0.2, 0.25) is 5.91 Å². The van der Waals surface area contributed by atoms with Crippen molar-refractivity contribution in [1.82, 2.24) is 14.8 Å². The Morgan fingerprint density at radius 3 is 2.70 bits per heavy atom. The van der Waals surface area contributed by atoms with E-state index in [0.717, 1.165) is 54.1 Å². The van der Waals surface area contributed by atoms with E-state index in [1.54, 1.807) is 0 Å². The second kappa shape index (κ2) is 7.26. The molecule has 4 rings (SSSR count). The van der Waals surface area contributed by atoms with Crippen molar-refractivity contribution < 1.29 is 9.53 Å². The molecule has 0 atom stereocenters. The van der Waals surface area contributed by atoms with Gasteiger partial charge in [-0.2, -0.15) is 5.10 Å². The highest BCUT2D eigenvalue weighted by Crippen LogP contribution is 2.29. The van der Waals surface area contributed by atoms with E-state index in [0.29, 0.717) is 0 Å². The van der Waals surface area contributed by atoms with E-state index in [4.69, 9.17) is 10.5 Å². The Morgan fingerprint density at radius 2 is 2.00 bits per heavy atom. The van der Waals surface area contributed by atoms with Gasteiger partial charge in [-0.25, -0.2) is 0 Å². The minimum Gasteiger partial charge on any atom is -0.490 e. The molecule has 1 saturated heterocycles. The van der Waals surface area contributed by atoms with Crippen molar-refractivity contribution in [2.75, 3.05) is 18.0 Å². The number of anilines is 1. The molecule has 0 bridgehead atoms. The van der Waals surface area contributed by atoms with Crippen molar-refractivity contribution in [1.29, 1.82) is 0 Å². The smallest absolute Gasteiger partial charge is 0.237 e. The van der Waals surface area contributed by atoms with Crippen LogP contribution >= 0.6 is 0 Å². The fourth-order valence-electron chi connectivity index (χ4n) is 3.55. The van der Waals surface area contributed by atoms with Crippen molar-refractivity contribution in [3.05, 3.63) is 48.3 Å². The van der Waals surface area contributed by atoms with Crippen LogP contribution in [0.1, 0.15) is 18.5 Å². The molecule has 2 aromatic heterocycles. The molecule has 0 unspecified atom stereocenters. The second-order valence-electron chi connectivity index (χ2n) is 6.94. The highest BCUT2D eigenvalue weighted by atomic mass is 16.5. The van der Waals surface area contributed by atoms with E-state index in [1.807, 2.05) is 54.1 Å². The van der Waals surface area contributed by atoms with Gasteiger partial charge in [0, 0.05) is 37.5 Å². The number of benzene rings is 1. The Morgan fingerprint density at radius 1 is 1.19 bits per heavy atom. The van der Waals surface area contributed by atoms with Crippen LogP contribution in [0.3, 0.4) is 0 Å². The van der Waals surface area contributed by atoms with E-state index in [1.165, 1.54) is 0 Å². The lowest BCUT2D eigenvalue weighted by atomic mass is 10.1. The number of nitrogens with zero attached hydrogens (tertiary/aromatic N) is 4. The van der Waals surface area contributed by atoms with Gasteiger partial charge < -0.3 is 19.9 Å².